The van der Waals surface area contributed by atoms with Gasteiger partial charge in [0.2, 0.25) is 0 Å². The van der Waals surface area contributed by atoms with Gasteiger partial charge in [-0.25, -0.2) is 0 Å². The standard InChI is InChI=1S/C15H20N2/c1-17(2)12-14-8-9-15(16-11-14)10-13-6-4-3-5-7-13/h3-9,16H,10-12H2,1-2H3. The van der Waals surface area contributed by atoms with Crippen molar-refractivity contribution in [3.63, 3.8) is 0 Å². The van der Waals surface area contributed by atoms with Gasteiger partial charge in [-0.3, -0.25) is 0 Å². The Morgan fingerprint density at radius 2 is 1.88 bits per heavy atom. The Kier molecular flexibility index (Phi) is 3.99. The second-order valence-corrected chi connectivity index (χ2v) is 4.77. The lowest BCUT2D eigenvalue weighted by Gasteiger charge is -2.20. The molecule has 17 heavy (non-hydrogen) atoms. The van der Waals surface area contributed by atoms with Crippen LogP contribution < -0.4 is 5.32 Å². The molecule has 90 valence electrons. The van der Waals surface area contributed by atoms with Crippen LogP contribution in [0.2, 0.25) is 0 Å². The van der Waals surface area contributed by atoms with E-state index in [1.807, 2.05) is 0 Å². The van der Waals surface area contributed by atoms with Gasteiger partial charge in [0, 0.05) is 25.2 Å². The Morgan fingerprint density at radius 3 is 2.47 bits per heavy atom. The molecule has 0 saturated carbocycles. The molecule has 0 saturated heterocycles. The van der Waals surface area contributed by atoms with Gasteiger partial charge in [-0.2, -0.15) is 0 Å². The third-order valence-electron chi connectivity index (χ3n) is 2.82. The van der Waals surface area contributed by atoms with E-state index in [0.29, 0.717) is 0 Å². The molecule has 0 atom stereocenters. The van der Waals surface area contributed by atoms with Crippen molar-refractivity contribution >= 4 is 0 Å². The molecule has 1 heterocycles. The Labute approximate surface area is 104 Å². The van der Waals surface area contributed by atoms with Gasteiger partial charge in [0.1, 0.15) is 0 Å². The smallest absolute Gasteiger partial charge is 0.0373 e. The quantitative estimate of drug-likeness (QED) is 0.850. The van der Waals surface area contributed by atoms with Crippen LogP contribution in [0.4, 0.5) is 0 Å². The molecule has 1 aliphatic rings. The van der Waals surface area contributed by atoms with E-state index in [9.17, 15) is 0 Å². The van der Waals surface area contributed by atoms with Crippen LogP contribution in [0.3, 0.4) is 0 Å². The lowest BCUT2D eigenvalue weighted by atomic mass is 10.1. The first-order valence-electron chi connectivity index (χ1n) is 6.05. The van der Waals surface area contributed by atoms with Gasteiger partial charge in [0.25, 0.3) is 0 Å². The van der Waals surface area contributed by atoms with Gasteiger partial charge in [-0.05, 0) is 31.3 Å². The van der Waals surface area contributed by atoms with Gasteiger partial charge in [0.05, 0.1) is 0 Å². The summed E-state index contributed by atoms with van der Waals surface area (Å²) in [5, 5.41) is 3.49. The van der Waals surface area contributed by atoms with E-state index < -0.39 is 0 Å². The molecule has 1 N–H and O–H groups in total. The highest BCUT2D eigenvalue weighted by molar-refractivity contribution is 5.29. The summed E-state index contributed by atoms with van der Waals surface area (Å²) < 4.78 is 0. The van der Waals surface area contributed by atoms with E-state index in [1.165, 1.54) is 16.8 Å². The van der Waals surface area contributed by atoms with Crippen molar-refractivity contribution < 1.29 is 0 Å². The predicted octanol–water partition coefficient (Wildman–Crippen LogP) is 2.20. The van der Waals surface area contributed by atoms with E-state index in [0.717, 1.165) is 19.5 Å². The second-order valence-electron chi connectivity index (χ2n) is 4.77. The van der Waals surface area contributed by atoms with Crippen molar-refractivity contribution in [2.75, 3.05) is 27.2 Å². The average Bonchev–Trinajstić information content (AvgIpc) is 2.32. The maximum Gasteiger partial charge on any atom is 0.0373 e. The number of nitrogens with one attached hydrogen (secondary N) is 1. The van der Waals surface area contributed by atoms with Crippen molar-refractivity contribution in [2.24, 2.45) is 0 Å². The molecule has 2 heteroatoms. The average molecular weight is 228 g/mol. The number of dihydropyridines is 1. The third-order valence-corrected chi connectivity index (χ3v) is 2.82. The van der Waals surface area contributed by atoms with Crippen LogP contribution >= 0.6 is 0 Å². The lowest BCUT2D eigenvalue weighted by Crippen LogP contribution is -2.26. The van der Waals surface area contributed by atoms with Crippen molar-refractivity contribution in [3.8, 4) is 0 Å². The van der Waals surface area contributed by atoms with E-state index in [4.69, 9.17) is 0 Å². The normalized spacial score (nSPS) is 15.2. The summed E-state index contributed by atoms with van der Waals surface area (Å²) in [6.45, 7) is 2.00. The van der Waals surface area contributed by atoms with Crippen LogP contribution in [0, 0.1) is 0 Å². The number of hydrogen-bond acceptors (Lipinski definition) is 2. The first-order chi connectivity index (χ1) is 8.24. The highest BCUT2D eigenvalue weighted by Gasteiger charge is 2.06. The Bertz CT molecular complexity index is 416. The minimum atomic E-state index is 0.969. The van der Waals surface area contributed by atoms with Crippen molar-refractivity contribution in [3.05, 3.63) is 59.3 Å². The van der Waals surface area contributed by atoms with Crippen LogP contribution in [-0.2, 0) is 6.42 Å². The predicted molar refractivity (Wildman–Crippen MR) is 72.9 cm³/mol. The van der Waals surface area contributed by atoms with Crippen molar-refractivity contribution in [1.82, 2.24) is 10.2 Å². The topological polar surface area (TPSA) is 15.3 Å². The molecule has 1 aromatic rings. The van der Waals surface area contributed by atoms with Gasteiger partial charge in [-0.15, -0.1) is 0 Å². The fourth-order valence-electron chi connectivity index (χ4n) is 2.02. The second kappa shape index (κ2) is 5.69. The lowest BCUT2D eigenvalue weighted by molar-refractivity contribution is 0.439. The molecule has 0 fully saturated rings. The molecule has 0 unspecified atom stereocenters. The Hall–Kier alpha value is -1.54. The molecular weight excluding hydrogens is 208 g/mol. The summed E-state index contributed by atoms with van der Waals surface area (Å²) in [6, 6.07) is 10.6. The van der Waals surface area contributed by atoms with E-state index >= 15 is 0 Å². The summed E-state index contributed by atoms with van der Waals surface area (Å²) >= 11 is 0. The molecule has 0 amide bonds. The van der Waals surface area contributed by atoms with Crippen LogP contribution in [0.1, 0.15) is 5.56 Å². The number of nitrogens with zero attached hydrogens (tertiary/aromatic N) is 1. The summed E-state index contributed by atoms with van der Waals surface area (Å²) in [5.41, 5.74) is 4.10. The summed E-state index contributed by atoms with van der Waals surface area (Å²) in [7, 11) is 4.20. The molecule has 0 bridgehead atoms. The summed E-state index contributed by atoms with van der Waals surface area (Å²) in [5.74, 6) is 0. The molecular formula is C15H20N2. The van der Waals surface area contributed by atoms with Gasteiger partial charge in [0.15, 0.2) is 0 Å². The van der Waals surface area contributed by atoms with Gasteiger partial charge < -0.3 is 10.2 Å². The number of likely N-dealkylation sites (N-methyl/N-ethyl adjacent to an activating group) is 1. The molecule has 0 spiro atoms. The van der Waals surface area contributed by atoms with Gasteiger partial charge >= 0.3 is 0 Å². The first kappa shape index (κ1) is 11.9. The minimum Gasteiger partial charge on any atom is -0.384 e. The molecule has 0 aromatic heterocycles. The largest absolute Gasteiger partial charge is 0.384 e. The van der Waals surface area contributed by atoms with Crippen LogP contribution in [0.15, 0.2) is 53.8 Å². The first-order valence-corrected chi connectivity index (χ1v) is 6.05. The zero-order chi connectivity index (χ0) is 12.1. The zero-order valence-electron chi connectivity index (χ0n) is 10.6. The molecule has 2 nitrogen and oxygen atoms in total. The number of benzene rings is 1. The van der Waals surface area contributed by atoms with E-state index in [-0.39, 0.29) is 0 Å². The zero-order valence-corrected chi connectivity index (χ0v) is 10.6. The summed E-state index contributed by atoms with van der Waals surface area (Å²) in [4.78, 5) is 2.20. The highest BCUT2D eigenvalue weighted by Crippen LogP contribution is 2.10. The monoisotopic (exact) mass is 228 g/mol. The Balaban J connectivity index is 1.96. The fourth-order valence-corrected chi connectivity index (χ4v) is 2.02. The van der Waals surface area contributed by atoms with Crippen LogP contribution in [0.25, 0.3) is 0 Å². The number of allylic oxidation sites excluding steroid dienone is 3. The maximum absolute atomic E-state index is 3.49. The van der Waals surface area contributed by atoms with Crippen LogP contribution in [-0.4, -0.2) is 32.1 Å². The van der Waals surface area contributed by atoms with E-state index in [2.05, 4.69) is 66.8 Å². The van der Waals surface area contributed by atoms with E-state index in [1.54, 1.807) is 0 Å². The Morgan fingerprint density at radius 1 is 1.12 bits per heavy atom. The minimum absolute atomic E-state index is 0.969. The highest BCUT2D eigenvalue weighted by atomic mass is 15.1. The molecule has 0 aliphatic carbocycles. The summed E-state index contributed by atoms with van der Waals surface area (Å²) in [6.07, 6.45) is 5.44. The fraction of sp³-hybridized carbons (Fsp3) is 0.333. The number of hydrogen-bond donors (Lipinski definition) is 1. The number of rotatable bonds is 4. The maximum atomic E-state index is 3.49. The van der Waals surface area contributed by atoms with Crippen LogP contribution in [0.5, 0.6) is 0 Å². The molecule has 1 aromatic carbocycles. The SMILES string of the molecule is CN(C)CC1=CC=C(Cc2ccccc2)NC1. The molecule has 0 radical (unpaired) electrons. The molecule has 1 aliphatic heterocycles. The third kappa shape index (κ3) is 3.75. The van der Waals surface area contributed by atoms with Crippen molar-refractivity contribution in [1.29, 1.82) is 0 Å². The molecule has 2 rings (SSSR count). The van der Waals surface area contributed by atoms with Gasteiger partial charge in [-0.1, -0.05) is 36.4 Å². The van der Waals surface area contributed by atoms with Crippen molar-refractivity contribution in [2.45, 2.75) is 6.42 Å².